The zero-order valence-corrected chi connectivity index (χ0v) is 9.43. The average Bonchev–Trinajstić information content (AvgIpc) is 2.45. The standard InChI is InChI=1S/C10H8Cl2N2O/c1-14-10(15)5-9(13-14)6-2-7(11)4-8(12)3-6/h2-5,13H,1H3. The Kier molecular flexibility index (Phi) is 2.59. The van der Waals surface area contributed by atoms with E-state index < -0.39 is 0 Å². The zero-order valence-electron chi connectivity index (χ0n) is 7.92. The van der Waals surface area contributed by atoms with Gasteiger partial charge in [0.25, 0.3) is 5.56 Å². The summed E-state index contributed by atoms with van der Waals surface area (Å²) in [5.41, 5.74) is 1.40. The lowest BCUT2D eigenvalue weighted by Gasteiger charge is -2.00. The molecule has 3 nitrogen and oxygen atoms in total. The normalized spacial score (nSPS) is 10.6. The highest BCUT2D eigenvalue weighted by atomic mass is 35.5. The van der Waals surface area contributed by atoms with Crippen LogP contribution in [0.4, 0.5) is 0 Å². The van der Waals surface area contributed by atoms with Crippen LogP contribution in [0.3, 0.4) is 0 Å². The van der Waals surface area contributed by atoms with E-state index in [1.54, 1.807) is 25.2 Å². The lowest BCUT2D eigenvalue weighted by Crippen LogP contribution is -2.09. The molecule has 0 atom stereocenters. The van der Waals surface area contributed by atoms with Gasteiger partial charge in [-0.2, -0.15) is 0 Å². The zero-order chi connectivity index (χ0) is 11.0. The van der Waals surface area contributed by atoms with Crippen molar-refractivity contribution in [2.24, 2.45) is 7.05 Å². The molecule has 0 aliphatic carbocycles. The van der Waals surface area contributed by atoms with E-state index in [0.717, 1.165) is 5.56 Å². The summed E-state index contributed by atoms with van der Waals surface area (Å²) < 4.78 is 1.39. The first-order chi connectivity index (χ1) is 7.06. The third kappa shape index (κ3) is 2.08. The molecule has 2 aromatic rings. The SMILES string of the molecule is Cn1[nH]c(-c2cc(Cl)cc(Cl)c2)cc1=O. The van der Waals surface area contributed by atoms with Gasteiger partial charge in [-0.25, -0.2) is 0 Å². The van der Waals surface area contributed by atoms with Gasteiger partial charge in [0.1, 0.15) is 0 Å². The second-order valence-corrected chi connectivity index (χ2v) is 4.10. The first-order valence-corrected chi connectivity index (χ1v) is 5.04. The van der Waals surface area contributed by atoms with Crippen LogP contribution in [0, 0.1) is 0 Å². The second-order valence-electron chi connectivity index (χ2n) is 3.23. The van der Waals surface area contributed by atoms with Gasteiger partial charge in [-0.15, -0.1) is 0 Å². The highest BCUT2D eigenvalue weighted by molar-refractivity contribution is 6.35. The molecule has 0 saturated heterocycles. The van der Waals surface area contributed by atoms with Crippen LogP contribution in [0.15, 0.2) is 29.1 Å². The maximum atomic E-state index is 11.2. The van der Waals surface area contributed by atoms with Crippen molar-refractivity contribution in [2.75, 3.05) is 0 Å². The fraction of sp³-hybridized carbons (Fsp3) is 0.100. The third-order valence-corrected chi connectivity index (χ3v) is 2.50. The Balaban J connectivity index is 2.58. The molecular formula is C10H8Cl2N2O. The van der Waals surface area contributed by atoms with E-state index >= 15 is 0 Å². The van der Waals surface area contributed by atoms with E-state index in [-0.39, 0.29) is 5.56 Å². The van der Waals surface area contributed by atoms with Gasteiger partial charge >= 0.3 is 0 Å². The Bertz CT molecular complexity index is 537. The van der Waals surface area contributed by atoms with Crippen LogP contribution in [0.1, 0.15) is 0 Å². The minimum atomic E-state index is -0.0962. The summed E-state index contributed by atoms with van der Waals surface area (Å²) in [5, 5.41) is 3.99. The molecule has 0 bridgehead atoms. The van der Waals surface area contributed by atoms with E-state index in [1.807, 2.05) is 0 Å². The van der Waals surface area contributed by atoms with Crippen molar-refractivity contribution in [1.29, 1.82) is 0 Å². The fourth-order valence-electron chi connectivity index (χ4n) is 1.35. The van der Waals surface area contributed by atoms with Gasteiger partial charge < -0.3 is 0 Å². The molecule has 1 aromatic heterocycles. The predicted octanol–water partition coefficient (Wildman–Crippen LogP) is 2.69. The van der Waals surface area contributed by atoms with Crippen molar-refractivity contribution in [3.63, 3.8) is 0 Å². The van der Waals surface area contributed by atoms with Crippen molar-refractivity contribution in [3.05, 3.63) is 44.7 Å². The number of H-pyrrole nitrogens is 1. The summed E-state index contributed by atoms with van der Waals surface area (Å²) in [5.74, 6) is 0. The first kappa shape index (κ1) is 10.3. The Hall–Kier alpha value is -1.19. The molecular weight excluding hydrogens is 235 g/mol. The van der Waals surface area contributed by atoms with Crippen LogP contribution in [0.5, 0.6) is 0 Å². The van der Waals surface area contributed by atoms with E-state index in [0.29, 0.717) is 15.7 Å². The van der Waals surface area contributed by atoms with Crippen molar-refractivity contribution in [1.82, 2.24) is 9.78 Å². The number of aromatic amines is 1. The minimum Gasteiger partial charge on any atom is -0.295 e. The molecule has 1 aromatic carbocycles. The van der Waals surface area contributed by atoms with Gasteiger partial charge in [0.2, 0.25) is 0 Å². The molecule has 78 valence electrons. The van der Waals surface area contributed by atoms with Crippen LogP contribution >= 0.6 is 23.2 Å². The van der Waals surface area contributed by atoms with Crippen LogP contribution in [0.2, 0.25) is 10.0 Å². The maximum Gasteiger partial charge on any atom is 0.266 e. The molecule has 0 radical (unpaired) electrons. The van der Waals surface area contributed by atoms with Crippen LogP contribution in [0.25, 0.3) is 11.3 Å². The van der Waals surface area contributed by atoms with E-state index in [9.17, 15) is 4.79 Å². The highest BCUT2D eigenvalue weighted by Crippen LogP contribution is 2.25. The molecule has 5 heteroatoms. The highest BCUT2D eigenvalue weighted by Gasteiger charge is 2.04. The number of hydrogen-bond donors (Lipinski definition) is 1. The molecule has 0 aliphatic heterocycles. The van der Waals surface area contributed by atoms with E-state index in [1.165, 1.54) is 10.7 Å². The van der Waals surface area contributed by atoms with Crippen LogP contribution in [-0.4, -0.2) is 9.78 Å². The summed E-state index contributed by atoms with van der Waals surface area (Å²) in [6, 6.07) is 6.65. The number of aromatic nitrogens is 2. The Labute approximate surface area is 96.2 Å². The minimum absolute atomic E-state index is 0.0962. The summed E-state index contributed by atoms with van der Waals surface area (Å²) in [6.45, 7) is 0. The number of halogens is 2. The number of rotatable bonds is 1. The average molecular weight is 243 g/mol. The molecule has 0 unspecified atom stereocenters. The van der Waals surface area contributed by atoms with Crippen LogP contribution < -0.4 is 5.56 Å². The lowest BCUT2D eigenvalue weighted by molar-refractivity contribution is 0.742. The quantitative estimate of drug-likeness (QED) is 0.821. The number of aryl methyl sites for hydroxylation is 1. The van der Waals surface area contributed by atoms with Gasteiger partial charge in [-0.3, -0.25) is 14.6 Å². The Morgan fingerprint density at radius 2 is 1.73 bits per heavy atom. The van der Waals surface area contributed by atoms with Crippen molar-refractivity contribution in [3.8, 4) is 11.3 Å². The summed E-state index contributed by atoms with van der Waals surface area (Å²) in [4.78, 5) is 11.2. The molecule has 1 N–H and O–H groups in total. The smallest absolute Gasteiger partial charge is 0.266 e. The van der Waals surface area contributed by atoms with Gasteiger partial charge in [-0.1, -0.05) is 23.2 Å². The Morgan fingerprint density at radius 3 is 2.20 bits per heavy atom. The molecule has 0 aliphatic rings. The van der Waals surface area contributed by atoms with Crippen LogP contribution in [-0.2, 0) is 7.05 Å². The predicted molar refractivity (Wildman–Crippen MR) is 61.5 cm³/mol. The third-order valence-electron chi connectivity index (χ3n) is 2.06. The molecule has 0 spiro atoms. The fourth-order valence-corrected chi connectivity index (χ4v) is 1.87. The lowest BCUT2D eigenvalue weighted by atomic mass is 10.1. The summed E-state index contributed by atoms with van der Waals surface area (Å²) >= 11 is 11.7. The van der Waals surface area contributed by atoms with Crippen molar-refractivity contribution in [2.45, 2.75) is 0 Å². The number of benzene rings is 1. The van der Waals surface area contributed by atoms with E-state index in [4.69, 9.17) is 23.2 Å². The molecule has 1 heterocycles. The van der Waals surface area contributed by atoms with Gasteiger partial charge in [0.05, 0.1) is 5.69 Å². The van der Waals surface area contributed by atoms with Crippen molar-refractivity contribution < 1.29 is 0 Å². The number of nitrogens with one attached hydrogen (secondary N) is 1. The summed E-state index contributed by atoms with van der Waals surface area (Å²) in [6.07, 6.45) is 0. The number of nitrogens with zero attached hydrogens (tertiary/aromatic N) is 1. The molecule has 0 saturated carbocycles. The van der Waals surface area contributed by atoms with E-state index in [2.05, 4.69) is 5.10 Å². The monoisotopic (exact) mass is 242 g/mol. The first-order valence-electron chi connectivity index (χ1n) is 4.29. The Morgan fingerprint density at radius 1 is 1.13 bits per heavy atom. The topological polar surface area (TPSA) is 37.8 Å². The van der Waals surface area contributed by atoms with Crippen molar-refractivity contribution >= 4 is 23.2 Å². The molecule has 0 amide bonds. The largest absolute Gasteiger partial charge is 0.295 e. The maximum absolute atomic E-state index is 11.2. The van der Waals surface area contributed by atoms with Gasteiger partial charge in [-0.05, 0) is 18.2 Å². The van der Waals surface area contributed by atoms with Gasteiger partial charge in [0, 0.05) is 28.7 Å². The second kappa shape index (κ2) is 3.76. The molecule has 2 rings (SSSR count). The summed E-state index contributed by atoms with van der Waals surface area (Å²) in [7, 11) is 1.65. The molecule has 0 fully saturated rings. The number of hydrogen-bond acceptors (Lipinski definition) is 1. The molecule has 15 heavy (non-hydrogen) atoms. The van der Waals surface area contributed by atoms with Gasteiger partial charge in [0.15, 0.2) is 0 Å².